The largest absolute Gasteiger partial charge is 0.508 e. The molecule has 0 bridgehead atoms. The van der Waals surface area contributed by atoms with Crippen LogP contribution in [0.4, 0.5) is 0 Å². The summed E-state index contributed by atoms with van der Waals surface area (Å²) in [5, 5.41) is 20.2. The Kier molecular flexibility index (Phi) is 5.39. The highest BCUT2D eigenvalue weighted by Crippen LogP contribution is 2.30. The molecule has 4 heteroatoms. The predicted octanol–water partition coefficient (Wildman–Crippen LogP) is 3.27. The monoisotopic (exact) mass is 339 g/mol. The van der Waals surface area contributed by atoms with Gasteiger partial charge in [-0.05, 0) is 36.1 Å². The zero-order valence-electron chi connectivity index (χ0n) is 14.4. The van der Waals surface area contributed by atoms with Crippen LogP contribution in [0, 0.1) is 0 Å². The molecule has 0 unspecified atom stereocenters. The van der Waals surface area contributed by atoms with Crippen molar-refractivity contribution < 1.29 is 15.0 Å². The molecule has 2 aromatic rings. The van der Waals surface area contributed by atoms with E-state index >= 15 is 0 Å². The molecule has 2 N–H and O–H groups in total. The van der Waals surface area contributed by atoms with E-state index in [2.05, 4.69) is 0 Å². The summed E-state index contributed by atoms with van der Waals surface area (Å²) in [5.74, 6) is 0.187. The molecule has 1 aliphatic rings. The fourth-order valence-corrected chi connectivity index (χ4v) is 3.48. The van der Waals surface area contributed by atoms with Gasteiger partial charge in [0.15, 0.2) is 0 Å². The van der Waals surface area contributed by atoms with E-state index in [-0.39, 0.29) is 18.1 Å². The molecule has 0 saturated heterocycles. The standard InChI is InChI=1S/C21H25NO3/c23-19-10-8-17(9-11-19)14-20(24)22(15-18-6-2-1-3-7-18)16-21(25)12-4-5-13-21/h1-3,6-11,23,25H,4-5,12-16H2. The van der Waals surface area contributed by atoms with Crippen molar-refractivity contribution in [2.75, 3.05) is 6.54 Å². The summed E-state index contributed by atoms with van der Waals surface area (Å²) in [5.41, 5.74) is 1.15. The number of phenols is 1. The van der Waals surface area contributed by atoms with E-state index in [4.69, 9.17) is 0 Å². The Bertz CT molecular complexity index is 691. The van der Waals surface area contributed by atoms with Gasteiger partial charge in [0, 0.05) is 13.1 Å². The molecule has 4 nitrogen and oxygen atoms in total. The topological polar surface area (TPSA) is 60.8 Å². The number of hydrogen-bond acceptors (Lipinski definition) is 3. The first-order chi connectivity index (χ1) is 12.0. The lowest BCUT2D eigenvalue weighted by molar-refractivity contribution is -0.134. The van der Waals surface area contributed by atoms with Gasteiger partial charge in [0.25, 0.3) is 0 Å². The Morgan fingerprint density at radius 3 is 2.24 bits per heavy atom. The maximum Gasteiger partial charge on any atom is 0.227 e. The summed E-state index contributed by atoms with van der Waals surface area (Å²) in [4.78, 5) is 14.7. The number of nitrogens with zero attached hydrogens (tertiary/aromatic N) is 1. The maximum atomic E-state index is 12.9. The van der Waals surface area contributed by atoms with Gasteiger partial charge >= 0.3 is 0 Å². The maximum absolute atomic E-state index is 12.9. The van der Waals surface area contributed by atoms with Gasteiger partial charge < -0.3 is 15.1 Å². The summed E-state index contributed by atoms with van der Waals surface area (Å²) in [6.07, 6.45) is 3.81. The first kappa shape index (κ1) is 17.5. The molecule has 0 atom stereocenters. The second-order valence-electron chi connectivity index (χ2n) is 7.01. The second kappa shape index (κ2) is 7.70. The number of amides is 1. The number of aliphatic hydroxyl groups is 1. The highest BCUT2D eigenvalue weighted by Gasteiger charge is 2.34. The Hall–Kier alpha value is -2.33. The van der Waals surface area contributed by atoms with Gasteiger partial charge in [-0.15, -0.1) is 0 Å². The number of phenolic OH excluding ortho intramolecular Hbond substituents is 1. The molecule has 3 rings (SSSR count). The molecule has 1 fully saturated rings. The smallest absolute Gasteiger partial charge is 0.227 e. The van der Waals surface area contributed by atoms with Crippen molar-refractivity contribution in [2.45, 2.75) is 44.2 Å². The number of carbonyl (C=O) groups excluding carboxylic acids is 1. The number of carbonyl (C=O) groups is 1. The lowest BCUT2D eigenvalue weighted by Crippen LogP contribution is -2.44. The fourth-order valence-electron chi connectivity index (χ4n) is 3.48. The Morgan fingerprint density at radius 2 is 1.60 bits per heavy atom. The van der Waals surface area contributed by atoms with E-state index in [0.717, 1.165) is 36.8 Å². The third kappa shape index (κ3) is 4.83. The minimum atomic E-state index is -0.764. The predicted molar refractivity (Wildman–Crippen MR) is 97.1 cm³/mol. The van der Waals surface area contributed by atoms with E-state index in [1.54, 1.807) is 29.2 Å². The SMILES string of the molecule is O=C(Cc1ccc(O)cc1)N(Cc1ccccc1)CC1(O)CCCC1. The van der Waals surface area contributed by atoms with Crippen LogP contribution in [0.2, 0.25) is 0 Å². The van der Waals surface area contributed by atoms with Gasteiger partial charge in [-0.3, -0.25) is 4.79 Å². The molecule has 0 radical (unpaired) electrons. The van der Waals surface area contributed by atoms with Crippen molar-refractivity contribution in [2.24, 2.45) is 0 Å². The van der Waals surface area contributed by atoms with Crippen molar-refractivity contribution in [3.05, 3.63) is 65.7 Å². The fraction of sp³-hybridized carbons (Fsp3) is 0.381. The third-order valence-electron chi connectivity index (χ3n) is 4.88. The molecule has 0 heterocycles. The molecule has 0 aromatic heterocycles. The Balaban J connectivity index is 1.74. The van der Waals surface area contributed by atoms with Crippen molar-refractivity contribution in [1.29, 1.82) is 0 Å². The molecule has 1 aliphatic carbocycles. The minimum absolute atomic E-state index is 0.00475. The van der Waals surface area contributed by atoms with Crippen molar-refractivity contribution >= 4 is 5.91 Å². The van der Waals surface area contributed by atoms with Crippen molar-refractivity contribution in [3.63, 3.8) is 0 Å². The molecule has 1 amide bonds. The summed E-state index contributed by atoms with van der Waals surface area (Å²) in [7, 11) is 0. The van der Waals surface area contributed by atoms with Crippen LogP contribution in [-0.4, -0.2) is 33.2 Å². The van der Waals surface area contributed by atoms with Crippen molar-refractivity contribution in [1.82, 2.24) is 4.90 Å². The van der Waals surface area contributed by atoms with E-state index in [1.165, 1.54) is 0 Å². The van der Waals surface area contributed by atoms with E-state index in [1.807, 2.05) is 30.3 Å². The summed E-state index contributed by atoms with van der Waals surface area (Å²) in [6, 6.07) is 16.6. The van der Waals surface area contributed by atoms with E-state index in [9.17, 15) is 15.0 Å². The lowest BCUT2D eigenvalue weighted by atomic mass is 10.0. The quantitative estimate of drug-likeness (QED) is 0.849. The second-order valence-corrected chi connectivity index (χ2v) is 7.01. The Morgan fingerprint density at radius 1 is 0.960 bits per heavy atom. The molecular formula is C21H25NO3. The number of aromatic hydroxyl groups is 1. The van der Waals surface area contributed by atoms with Crippen LogP contribution < -0.4 is 0 Å². The highest BCUT2D eigenvalue weighted by atomic mass is 16.3. The van der Waals surface area contributed by atoms with Crippen LogP contribution in [0.3, 0.4) is 0 Å². The zero-order valence-corrected chi connectivity index (χ0v) is 14.4. The number of hydrogen-bond donors (Lipinski definition) is 2. The van der Waals surface area contributed by atoms with E-state index in [0.29, 0.717) is 13.1 Å². The van der Waals surface area contributed by atoms with Crippen LogP contribution in [0.25, 0.3) is 0 Å². The average Bonchev–Trinajstić information content (AvgIpc) is 3.03. The first-order valence-corrected chi connectivity index (χ1v) is 8.86. The summed E-state index contributed by atoms with van der Waals surface area (Å²) >= 11 is 0. The normalized spacial score (nSPS) is 15.9. The van der Waals surface area contributed by atoms with Gasteiger partial charge in [0.1, 0.15) is 5.75 Å². The summed E-state index contributed by atoms with van der Waals surface area (Å²) < 4.78 is 0. The van der Waals surface area contributed by atoms with Gasteiger partial charge in [0.2, 0.25) is 5.91 Å². The van der Waals surface area contributed by atoms with E-state index < -0.39 is 5.60 Å². The zero-order chi connectivity index (χ0) is 17.7. The minimum Gasteiger partial charge on any atom is -0.508 e. The van der Waals surface area contributed by atoms with Crippen LogP contribution in [0.1, 0.15) is 36.8 Å². The first-order valence-electron chi connectivity index (χ1n) is 8.86. The molecule has 25 heavy (non-hydrogen) atoms. The third-order valence-corrected chi connectivity index (χ3v) is 4.88. The highest BCUT2D eigenvalue weighted by molar-refractivity contribution is 5.79. The summed E-state index contributed by atoms with van der Waals surface area (Å²) in [6.45, 7) is 0.874. The van der Waals surface area contributed by atoms with Gasteiger partial charge in [0.05, 0.1) is 12.0 Å². The number of benzene rings is 2. The molecule has 2 aromatic carbocycles. The molecular weight excluding hydrogens is 314 g/mol. The van der Waals surface area contributed by atoms with Gasteiger partial charge in [-0.25, -0.2) is 0 Å². The van der Waals surface area contributed by atoms with Crippen LogP contribution >= 0.6 is 0 Å². The van der Waals surface area contributed by atoms with Gasteiger partial charge in [-0.2, -0.15) is 0 Å². The molecule has 0 aliphatic heterocycles. The van der Waals surface area contributed by atoms with Crippen molar-refractivity contribution in [3.8, 4) is 5.75 Å². The Labute approximate surface area is 148 Å². The molecule has 1 saturated carbocycles. The lowest BCUT2D eigenvalue weighted by Gasteiger charge is -2.31. The van der Waals surface area contributed by atoms with Crippen LogP contribution in [-0.2, 0) is 17.8 Å². The average molecular weight is 339 g/mol. The molecule has 0 spiro atoms. The van der Waals surface area contributed by atoms with Crippen LogP contribution in [0.15, 0.2) is 54.6 Å². The van der Waals surface area contributed by atoms with Crippen LogP contribution in [0.5, 0.6) is 5.75 Å². The molecule has 132 valence electrons. The van der Waals surface area contributed by atoms with Gasteiger partial charge in [-0.1, -0.05) is 55.3 Å². The number of rotatable bonds is 6.